The summed E-state index contributed by atoms with van der Waals surface area (Å²) in [6.45, 7) is 11.1. The van der Waals surface area contributed by atoms with E-state index in [2.05, 4.69) is 39.0 Å². The summed E-state index contributed by atoms with van der Waals surface area (Å²) in [7, 11) is 0. The smallest absolute Gasteiger partial charge is 0.227 e. The molecule has 1 aromatic carbocycles. The summed E-state index contributed by atoms with van der Waals surface area (Å²) in [4.78, 5) is 28.4. The van der Waals surface area contributed by atoms with Crippen LogP contribution in [-0.4, -0.2) is 47.8 Å². The Morgan fingerprint density at radius 3 is 2.25 bits per heavy atom. The second-order valence-corrected chi connectivity index (χ2v) is 6.99. The van der Waals surface area contributed by atoms with Crippen molar-refractivity contribution >= 4 is 11.8 Å². The van der Waals surface area contributed by atoms with Crippen LogP contribution in [0.2, 0.25) is 0 Å². The third-order valence-corrected chi connectivity index (χ3v) is 4.89. The van der Waals surface area contributed by atoms with E-state index in [0.717, 1.165) is 25.1 Å². The standard InChI is InChI=1S/C20H30N2O2/c1-5-19(23)21-9-6-10-22(12-11-21)20(24)14-18-13-17(15(2)3)8-7-16(18)4/h7-8,13,15H,5-6,9-12,14H2,1-4H3. The molecular weight excluding hydrogens is 300 g/mol. The van der Waals surface area contributed by atoms with Crippen molar-refractivity contribution in [2.45, 2.75) is 52.9 Å². The molecule has 0 unspecified atom stereocenters. The zero-order valence-corrected chi connectivity index (χ0v) is 15.5. The molecule has 1 saturated heterocycles. The van der Waals surface area contributed by atoms with Crippen LogP contribution in [0.5, 0.6) is 0 Å². The van der Waals surface area contributed by atoms with Gasteiger partial charge in [0, 0.05) is 32.6 Å². The molecule has 0 spiro atoms. The van der Waals surface area contributed by atoms with Crippen LogP contribution in [0.1, 0.15) is 56.2 Å². The summed E-state index contributed by atoms with van der Waals surface area (Å²) in [6, 6.07) is 6.43. The average molecular weight is 330 g/mol. The molecule has 0 aliphatic carbocycles. The minimum atomic E-state index is 0.171. The van der Waals surface area contributed by atoms with Crippen LogP contribution in [-0.2, 0) is 16.0 Å². The van der Waals surface area contributed by atoms with Crippen molar-refractivity contribution < 1.29 is 9.59 Å². The van der Waals surface area contributed by atoms with E-state index in [4.69, 9.17) is 0 Å². The number of aryl methyl sites for hydroxylation is 1. The van der Waals surface area contributed by atoms with Crippen LogP contribution in [0.25, 0.3) is 0 Å². The van der Waals surface area contributed by atoms with Crippen molar-refractivity contribution in [2.75, 3.05) is 26.2 Å². The van der Waals surface area contributed by atoms with Gasteiger partial charge in [0.05, 0.1) is 6.42 Å². The summed E-state index contributed by atoms with van der Waals surface area (Å²) < 4.78 is 0. The number of carbonyl (C=O) groups is 2. The van der Waals surface area contributed by atoms with Gasteiger partial charge >= 0.3 is 0 Å². The molecule has 1 fully saturated rings. The van der Waals surface area contributed by atoms with Gasteiger partial charge in [-0.2, -0.15) is 0 Å². The normalized spacial score (nSPS) is 15.5. The predicted molar refractivity (Wildman–Crippen MR) is 97.0 cm³/mol. The summed E-state index contributed by atoms with van der Waals surface area (Å²) in [5.41, 5.74) is 3.57. The maximum absolute atomic E-state index is 12.7. The first-order valence-corrected chi connectivity index (χ1v) is 9.07. The predicted octanol–water partition coefficient (Wildman–Crippen LogP) is 3.13. The van der Waals surface area contributed by atoms with Crippen LogP contribution in [0.3, 0.4) is 0 Å². The van der Waals surface area contributed by atoms with Crippen molar-refractivity contribution in [2.24, 2.45) is 0 Å². The maximum Gasteiger partial charge on any atom is 0.227 e. The SMILES string of the molecule is CCC(=O)N1CCCN(C(=O)Cc2cc(C(C)C)ccc2C)CC1. The Kier molecular flexibility index (Phi) is 6.41. The van der Waals surface area contributed by atoms with Gasteiger partial charge in [0.25, 0.3) is 0 Å². The third kappa shape index (κ3) is 4.59. The fourth-order valence-electron chi connectivity index (χ4n) is 3.16. The quantitative estimate of drug-likeness (QED) is 0.851. The highest BCUT2D eigenvalue weighted by Gasteiger charge is 2.21. The number of amides is 2. The molecule has 1 heterocycles. The van der Waals surface area contributed by atoms with Gasteiger partial charge in [0.15, 0.2) is 0 Å². The zero-order chi connectivity index (χ0) is 17.7. The molecule has 4 heteroatoms. The van der Waals surface area contributed by atoms with Gasteiger partial charge in [0.2, 0.25) is 11.8 Å². The van der Waals surface area contributed by atoms with E-state index >= 15 is 0 Å². The Bertz CT molecular complexity index is 595. The zero-order valence-electron chi connectivity index (χ0n) is 15.5. The summed E-state index contributed by atoms with van der Waals surface area (Å²) >= 11 is 0. The minimum absolute atomic E-state index is 0.171. The molecule has 0 aromatic heterocycles. The average Bonchev–Trinajstić information content (AvgIpc) is 2.82. The number of carbonyl (C=O) groups excluding carboxylic acids is 2. The molecule has 4 nitrogen and oxygen atoms in total. The van der Waals surface area contributed by atoms with Gasteiger partial charge < -0.3 is 9.80 Å². The summed E-state index contributed by atoms with van der Waals surface area (Å²) in [6.07, 6.45) is 1.85. The van der Waals surface area contributed by atoms with E-state index in [1.807, 2.05) is 16.7 Å². The molecule has 132 valence electrons. The maximum atomic E-state index is 12.7. The Balaban J connectivity index is 2.02. The lowest BCUT2D eigenvalue weighted by molar-refractivity contribution is -0.133. The Hall–Kier alpha value is -1.84. The molecule has 1 aliphatic rings. The molecule has 24 heavy (non-hydrogen) atoms. The molecule has 0 bridgehead atoms. The molecule has 0 saturated carbocycles. The number of nitrogens with zero attached hydrogens (tertiary/aromatic N) is 2. The minimum Gasteiger partial charge on any atom is -0.341 e. The lowest BCUT2D eigenvalue weighted by Gasteiger charge is -2.22. The number of rotatable bonds is 4. The van der Waals surface area contributed by atoms with Crippen molar-refractivity contribution in [1.29, 1.82) is 0 Å². The second-order valence-electron chi connectivity index (χ2n) is 6.99. The first-order chi connectivity index (χ1) is 11.4. The molecule has 0 N–H and O–H groups in total. The van der Waals surface area contributed by atoms with Crippen molar-refractivity contribution in [1.82, 2.24) is 9.80 Å². The molecular formula is C20H30N2O2. The molecule has 0 atom stereocenters. The molecule has 0 radical (unpaired) electrons. The first kappa shape index (κ1) is 18.5. The molecule has 2 amide bonds. The largest absolute Gasteiger partial charge is 0.341 e. The first-order valence-electron chi connectivity index (χ1n) is 9.07. The van der Waals surface area contributed by atoms with Gasteiger partial charge in [0.1, 0.15) is 0 Å². The number of hydrogen-bond acceptors (Lipinski definition) is 2. The van der Waals surface area contributed by atoms with Crippen molar-refractivity contribution in [3.05, 3.63) is 34.9 Å². The van der Waals surface area contributed by atoms with Gasteiger partial charge in [-0.25, -0.2) is 0 Å². The van der Waals surface area contributed by atoms with Gasteiger partial charge in [-0.1, -0.05) is 39.0 Å². The van der Waals surface area contributed by atoms with E-state index < -0.39 is 0 Å². The Labute approximate surface area is 145 Å². The second kappa shape index (κ2) is 8.32. The van der Waals surface area contributed by atoms with E-state index in [0.29, 0.717) is 31.8 Å². The fraction of sp³-hybridized carbons (Fsp3) is 0.600. The Morgan fingerprint density at radius 1 is 1.04 bits per heavy atom. The number of hydrogen-bond donors (Lipinski definition) is 0. The van der Waals surface area contributed by atoms with Crippen LogP contribution < -0.4 is 0 Å². The van der Waals surface area contributed by atoms with Crippen LogP contribution >= 0.6 is 0 Å². The highest BCUT2D eigenvalue weighted by atomic mass is 16.2. The van der Waals surface area contributed by atoms with Gasteiger partial charge in [-0.3, -0.25) is 9.59 Å². The topological polar surface area (TPSA) is 40.6 Å². The fourth-order valence-corrected chi connectivity index (χ4v) is 3.16. The summed E-state index contributed by atoms with van der Waals surface area (Å²) in [5.74, 6) is 0.820. The van der Waals surface area contributed by atoms with E-state index in [-0.39, 0.29) is 11.8 Å². The highest BCUT2D eigenvalue weighted by Crippen LogP contribution is 2.20. The summed E-state index contributed by atoms with van der Waals surface area (Å²) in [5, 5.41) is 0. The molecule has 1 aromatic rings. The van der Waals surface area contributed by atoms with Crippen molar-refractivity contribution in [3.63, 3.8) is 0 Å². The molecule has 2 rings (SSSR count). The van der Waals surface area contributed by atoms with Crippen LogP contribution in [0, 0.1) is 6.92 Å². The van der Waals surface area contributed by atoms with Gasteiger partial charge in [-0.05, 0) is 36.0 Å². The lowest BCUT2D eigenvalue weighted by Crippen LogP contribution is -2.37. The van der Waals surface area contributed by atoms with Crippen molar-refractivity contribution in [3.8, 4) is 0 Å². The third-order valence-electron chi connectivity index (χ3n) is 4.89. The molecule has 1 aliphatic heterocycles. The number of benzene rings is 1. The van der Waals surface area contributed by atoms with E-state index in [1.54, 1.807) is 0 Å². The van der Waals surface area contributed by atoms with E-state index in [1.165, 1.54) is 11.1 Å². The van der Waals surface area contributed by atoms with Gasteiger partial charge in [-0.15, -0.1) is 0 Å². The van der Waals surface area contributed by atoms with E-state index in [9.17, 15) is 9.59 Å². The monoisotopic (exact) mass is 330 g/mol. The highest BCUT2D eigenvalue weighted by molar-refractivity contribution is 5.80. The Morgan fingerprint density at radius 2 is 1.67 bits per heavy atom. The van der Waals surface area contributed by atoms with Crippen LogP contribution in [0.15, 0.2) is 18.2 Å². The van der Waals surface area contributed by atoms with Crippen LogP contribution in [0.4, 0.5) is 0 Å². The lowest BCUT2D eigenvalue weighted by atomic mass is 9.96.